The second-order valence-corrected chi connectivity index (χ2v) is 5.99. The lowest BCUT2D eigenvalue weighted by molar-refractivity contribution is 0.0777. The Labute approximate surface area is 123 Å². The third kappa shape index (κ3) is 3.76. The molecular formula is C18H28O2. The van der Waals surface area contributed by atoms with Crippen LogP contribution >= 0.6 is 0 Å². The van der Waals surface area contributed by atoms with Gasteiger partial charge < -0.3 is 9.84 Å². The number of rotatable bonds is 7. The predicted molar refractivity (Wildman–Crippen MR) is 83.2 cm³/mol. The molecule has 2 rings (SSSR count). The van der Waals surface area contributed by atoms with Crippen molar-refractivity contribution in [2.45, 2.75) is 64.4 Å². The van der Waals surface area contributed by atoms with Gasteiger partial charge in [-0.3, -0.25) is 0 Å². The molecule has 1 heterocycles. The monoisotopic (exact) mass is 276 g/mol. The number of para-hydroxylation sites is 1. The zero-order valence-corrected chi connectivity index (χ0v) is 12.8. The molecule has 1 N–H and O–H groups in total. The average Bonchev–Trinajstić information content (AvgIpc) is 2.48. The number of hydrogen-bond acceptors (Lipinski definition) is 2. The molecule has 0 bridgehead atoms. The number of hydrogen-bond donors (Lipinski definition) is 1. The topological polar surface area (TPSA) is 29.5 Å². The zero-order chi connectivity index (χ0) is 14.4. The van der Waals surface area contributed by atoms with E-state index in [-0.39, 0.29) is 6.10 Å². The molecule has 1 aromatic carbocycles. The molecule has 0 saturated heterocycles. The van der Waals surface area contributed by atoms with Gasteiger partial charge >= 0.3 is 0 Å². The third-order valence-electron chi connectivity index (χ3n) is 4.61. The number of unbranched alkanes of at least 4 members (excludes halogenated alkanes) is 1. The maximum absolute atomic E-state index is 10.6. The lowest BCUT2D eigenvalue weighted by atomic mass is 9.82. The van der Waals surface area contributed by atoms with E-state index >= 15 is 0 Å². The van der Waals surface area contributed by atoms with Crippen molar-refractivity contribution >= 4 is 0 Å². The van der Waals surface area contributed by atoms with Gasteiger partial charge in [-0.05, 0) is 42.7 Å². The smallest absolute Gasteiger partial charge is 0.122 e. The van der Waals surface area contributed by atoms with E-state index < -0.39 is 0 Å². The quantitative estimate of drug-likeness (QED) is 0.793. The molecule has 0 fully saturated rings. The van der Waals surface area contributed by atoms with Gasteiger partial charge in [0.2, 0.25) is 0 Å². The normalized spacial score (nSPS) is 20.9. The molecule has 0 amide bonds. The van der Waals surface area contributed by atoms with Gasteiger partial charge in [0.25, 0.3) is 0 Å². The van der Waals surface area contributed by atoms with E-state index in [9.17, 15) is 5.11 Å². The van der Waals surface area contributed by atoms with Crippen LogP contribution in [0.15, 0.2) is 24.3 Å². The minimum atomic E-state index is -0.178. The Hall–Kier alpha value is -1.02. The molecule has 0 aromatic heterocycles. The molecule has 2 nitrogen and oxygen atoms in total. The summed E-state index contributed by atoms with van der Waals surface area (Å²) in [5, 5.41) is 10.6. The van der Waals surface area contributed by atoms with Gasteiger partial charge in [-0.2, -0.15) is 0 Å². The van der Waals surface area contributed by atoms with E-state index in [1.807, 2.05) is 12.1 Å². The number of aliphatic hydroxyl groups excluding tert-OH is 1. The molecule has 20 heavy (non-hydrogen) atoms. The van der Waals surface area contributed by atoms with Crippen molar-refractivity contribution in [2.75, 3.05) is 6.61 Å². The number of ether oxygens (including phenoxy) is 1. The summed E-state index contributed by atoms with van der Waals surface area (Å²) < 4.78 is 5.71. The van der Waals surface area contributed by atoms with E-state index in [0.717, 1.165) is 38.0 Å². The van der Waals surface area contributed by atoms with Crippen molar-refractivity contribution < 1.29 is 9.84 Å². The minimum absolute atomic E-state index is 0.178. The van der Waals surface area contributed by atoms with Gasteiger partial charge in [0.05, 0.1) is 12.7 Å². The Morgan fingerprint density at radius 2 is 2.10 bits per heavy atom. The highest BCUT2D eigenvalue weighted by Gasteiger charge is 2.26. The second-order valence-electron chi connectivity index (χ2n) is 5.99. The first-order valence-electron chi connectivity index (χ1n) is 8.16. The fourth-order valence-corrected chi connectivity index (χ4v) is 3.28. The second kappa shape index (κ2) is 7.68. The summed E-state index contributed by atoms with van der Waals surface area (Å²) in [6.07, 6.45) is 6.39. The molecule has 2 heteroatoms. The van der Waals surface area contributed by atoms with Crippen LogP contribution in [0.25, 0.3) is 0 Å². The van der Waals surface area contributed by atoms with Gasteiger partial charge in [0.15, 0.2) is 0 Å². The first-order chi connectivity index (χ1) is 9.76. The molecule has 1 aromatic rings. The summed E-state index contributed by atoms with van der Waals surface area (Å²) in [7, 11) is 0. The average molecular weight is 276 g/mol. The molecule has 1 aliphatic heterocycles. The van der Waals surface area contributed by atoms with Crippen LogP contribution in [0.4, 0.5) is 0 Å². The fourth-order valence-electron chi connectivity index (χ4n) is 3.28. The maximum atomic E-state index is 10.6. The number of benzene rings is 1. The van der Waals surface area contributed by atoms with Gasteiger partial charge in [-0.1, -0.05) is 51.3 Å². The summed E-state index contributed by atoms with van der Waals surface area (Å²) in [5.74, 6) is 1.91. The van der Waals surface area contributed by atoms with E-state index in [1.165, 1.54) is 18.4 Å². The SMILES string of the molecule is CCCCC(CC)C(O)CC1CCOc2ccccc21. The summed E-state index contributed by atoms with van der Waals surface area (Å²) in [6, 6.07) is 8.29. The van der Waals surface area contributed by atoms with Crippen molar-refractivity contribution in [2.24, 2.45) is 5.92 Å². The van der Waals surface area contributed by atoms with Gasteiger partial charge in [0, 0.05) is 0 Å². The molecule has 0 radical (unpaired) electrons. The Bertz CT molecular complexity index is 402. The summed E-state index contributed by atoms with van der Waals surface area (Å²) >= 11 is 0. The van der Waals surface area contributed by atoms with Crippen molar-refractivity contribution in [1.82, 2.24) is 0 Å². The van der Waals surface area contributed by atoms with Crippen LogP contribution in [-0.2, 0) is 0 Å². The molecule has 3 unspecified atom stereocenters. The van der Waals surface area contributed by atoms with Crippen molar-refractivity contribution in [1.29, 1.82) is 0 Å². The van der Waals surface area contributed by atoms with E-state index in [1.54, 1.807) is 0 Å². The number of aliphatic hydroxyl groups is 1. The standard InChI is InChI=1S/C18H28O2/c1-3-5-8-14(4-2)17(19)13-15-11-12-20-18-10-7-6-9-16(15)18/h6-7,9-10,14-15,17,19H,3-5,8,11-13H2,1-2H3. The molecular weight excluding hydrogens is 248 g/mol. The first kappa shape index (κ1) is 15.4. The van der Waals surface area contributed by atoms with Crippen LogP contribution < -0.4 is 4.74 Å². The van der Waals surface area contributed by atoms with Crippen LogP contribution in [0.3, 0.4) is 0 Å². The molecule has 0 aliphatic carbocycles. The molecule has 112 valence electrons. The van der Waals surface area contributed by atoms with Crippen LogP contribution in [0.1, 0.15) is 63.9 Å². The Balaban J connectivity index is 1.99. The zero-order valence-electron chi connectivity index (χ0n) is 12.8. The van der Waals surface area contributed by atoms with Crippen molar-refractivity contribution in [3.8, 4) is 5.75 Å². The predicted octanol–water partition coefficient (Wildman–Crippen LogP) is 4.52. The van der Waals surface area contributed by atoms with Crippen LogP contribution in [-0.4, -0.2) is 17.8 Å². The lowest BCUT2D eigenvalue weighted by Crippen LogP contribution is -2.25. The maximum Gasteiger partial charge on any atom is 0.122 e. The van der Waals surface area contributed by atoms with Gasteiger partial charge in [-0.15, -0.1) is 0 Å². The fraction of sp³-hybridized carbons (Fsp3) is 0.667. The Morgan fingerprint density at radius 3 is 2.85 bits per heavy atom. The van der Waals surface area contributed by atoms with Crippen molar-refractivity contribution in [3.63, 3.8) is 0 Å². The lowest BCUT2D eigenvalue weighted by Gasteiger charge is -2.30. The highest BCUT2D eigenvalue weighted by atomic mass is 16.5. The summed E-state index contributed by atoms with van der Waals surface area (Å²) in [6.45, 7) is 5.19. The van der Waals surface area contributed by atoms with Crippen LogP contribution in [0, 0.1) is 5.92 Å². The highest BCUT2D eigenvalue weighted by Crippen LogP contribution is 2.37. The molecule has 0 saturated carbocycles. The van der Waals surface area contributed by atoms with Gasteiger partial charge in [-0.25, -0.2) is 0 Å². The largest absolute Gasteiger partial charge is 0.493 e. The Kier molecular flexibility index (Phi) is 5.90. The highest BCUT2D eigenvalue weighted by molar-refractivity contribution is 5.37. The summed E-state index contributed by atoms with van der Waals surface area (Å²) in [4.78, 5) is 0. The van der Waals surface area contributed by atoms with E-state index in [0.29, 0.717) is 11.8 Å². The van der Waals surface area contributed by atoms with E-state index in [4.69, 9.17) is 4.74 Å². The molecule has 3 atom stereocenters. The van der Waals surface area contributed by atoms with Crippen LogP contribution in [0.5, 0.6) is 5.75 Å². The van der Waals surface area contributed by atoms with Gasteiger partial charge in [0.1, 0.15) is 5.75 Å². The molecule has 0 spiro atoms. The number of fused-ring (bicyclic) bond motifs is 1. The third-order valence-corrected chi connectivity index (χ3v) is 4.61. The van der Waals surface area contributed by atoms with Crippen molar-refractivity contribution in [3.05, 3.63) is 29.8 Å². The minimum Gasteiger partial charge on any atom is -0.493 e. The first-order valence-corrected chi connectivity index (χ1v) is 8.16. The van der Waals surface area contributed by atoms with Crippen LogP contribution in [0.2, 0.25) is 0 Å². The Morgan fingerprint density at radius 1 is 1.30 bits per heavy atom. The van der Waals surface area contributed by atoms with E-state index in [2.05, 4.69) is 26.0 Å². The molecule has 1 aliphatic rings. The summed E-state index contributed by atoms with van der Waals surface area (Å²) in [5.41, 5.74) is 1.28.